The van der Waals surface area contributed by atoms with Gasteiger partial charge in [0.15, 0.2) is 0 Å². The summed E-state index contributed by atoms with van der Waals surface area (Å²) in [5, 5.41) is 0. The van der Waals surface area contributed by atoms with Gasteiger partial charge >= 0.3 is 7.12 Å². The number of rotatable bonds is 1. The number of thiazole rings is 1. The van der Waals surface area contributed by atoms with E-state index in [-0.39, 0.29) is 18.3 Å². The molecular weight excluding hydrogens is 245 g/mol. The summed E-state index contributed by atoms with van der Waals surface area (Å²) in [5.41, 5.74) is 3.25. The van der Waals surface area contributed by atoms with Gasteiger partial charge in [-0.1, -0.05) is 12.1 Å². The van der Waals surface area contributed by atoms with Gasteiger partial charge in [0.25, 0.3) is 0 Å². The number of benzene rings is 1. The van der Waals surface area contributed by atoms with Crippen molar-refractivity contribution in [1.82, 2.24) is 4.98 Å². The number of hydrogen-bond acceptors (Lipinski definition) is 4. The highest BCUT2D eigenvalue weighted by atomic mass is 32.1. The van der Waals surface area contributed by atoms with Crippen molar-refractivity contribution in [1.29, 1.82) is 0 Å². The molecule has 0 amide bonds. The van der Waals surface area contributed by atoms with Crippen LogP contribution in [-0.2, 0) is 9.31 Å². The summed E-state index contributed by atoms with van der Waals surface area (Å²) in [6.45, 7) is 8.25. The molecule has 94 valence electrons. The quantitative estimate of drug-likeness (QED) is 0.739. The zero-order chi connectivity index (χ0) is 13.0. The lowest BCUT2D eigenvalue weighted by atomic mass is 9.78. The molecule has 0 saturated carbocycles. The van der Waals surface area contributed by atoms with E-state index in [1.807, 2.05) is 17.6 Å². The second-order valence-corrected chi connectivity index (χ2v) is 6.52. The fourth-order valence-electron chi connectivity index (χ4n) is 2.07. The average Bonchev–Trinajstić information content (AvgIpc) is 2.81. The molecule has 1 saturated heterocycles. The van der Waals surface area contributed by atoms with Crippen molar-refractivity contribution in [2.75, 3.05) is 0 Å². The molecule has 0 N–H and O–H groups in total. The Morgan fingerprint density at radius 2 is 1.78 bits per heavy atom. The maximum Gasteiger partial charge on any atom is 0.497 e. The van der Waals surface area contributed by atoms with Gasteiger partial charge in [-0.15, -0.1) is 11.3 Å². The van der Waals surface area contributed by atoms with Crippen LogP contribution >= 0.6 is 11.3 Å². The van der Waals surface area contributed by atoms with Crippen LogP contribution < -0.4 is 5.46 Å². The fraction of sp³-hybridized carbons (Fsp3) is 0.462. The van der Waals surface area contributed by atoms with Gasteiger partial charge in [-0.3, -0.25) is 0 Å². The summed E-state index contributed by atoms with van der Waals surface area (Å²) in [4.78, 5) is 4.42. The minimum absolute atomic E-state index is 0.310. The van der Waals surface area contributed by atoms with Crippen LogP contribution in [0.2, 0.25) is 0 Å². The number of nitrogens with zero attached hydrogens (tertiary/aromatic N) is 1. The van der Waals surface area contributed by atoms with Crippen LogP contribution in [0.4, 0.5) is 0 Å². The molecule has 0 unspecified atom stereocenters. The number of para-hydroxylation sites is 1. The highest BCUT2D eigenvalue weighted by molar-refractivity contribution is 7.17. The van der Waals surface area contributed by atoms with Gasteiger partial charge in [0.05, 0.1) is 26.9 Å². The van der Waals surface area contributed by atoms with Gasteiger partial charge in [-0.2, -0.15) is 0 Å². The smallest absolute Gasteiger partial charge is 0.399 e. The molecule has 3 rings (SSSR count). The first-order chi connectivity index (χ1) is 8.41. The zero-order valence-electron chi connectivity index (χ0n) is 11.1. The van der Waals surface area contributed by atoms with E-state index >= 15 is 0 Å². The molecule has 18 heavy (non-hydrogen) atoms. The Labute approximate surface area is 111 Å². The van der Waals surface area contributed by atoms with Crippen LogP contribution in [0.15, 0.2) is 23.7 Å². The molecule has 3 nitrogen and oxygen atoms in total. The molecule has 0 radical (unpaired) electrons. The van der Waals surface area contributed by atoms with Crippen molar-refractivity contribution in [2.24, 2.45) is 0 Å². The van der Waals surface area contributed by atoms with E-state index in [0.717, 1.165) is 11.0 Å². The van der Waals surface area contributed by atoms with Crippen molar-refractivity contribution >= 4 is 34.1 Å². The van der Waals surface area contributed by atoms with Gasteiger partial charge in [0.2, 0.25) is 0 Å². The van der Waals surface area contributed by atoms with E-state index in [1.54, 1.807) is 11.3 Å². The van der Waals surface area contributed by atoms with E-state index in [4.69, 9.17) is 9.31 Å². The lowest BCUT2D eigenvalue weighted by Crippen LogP contribution is -2.41. The van der Waals surface area contributed by atoms with Crippen LogP contribution in [0.5, 0.6) is 0 Å². The highest BCUT2D eigenvalue weighted by Gasteiger charge is 2.52. The first-order valence-corrected chi connectivity index (χ1v) is 6.96. The summed E-state index contributed by atoms with van der Waals surface area (Å²) in [6, 6.07) is 6.13. The van der Waals surface area contributed by atoms with Gasteiger partial charge in [0.1, 0.15) is 0 Å². The Bertz CT molecular complexity index is 577. The minimum atomic E-state index is -0.333. The topological polar surface area (TPSA) is 31.4 Å². The van der Waals surface area contributed by atoms with E-state index in [0.29, 0.717) is 0 Å². The summed E-state index contributed by atoms with van der Waals surface area (Å²) >= 11 is 1.64. The van der Waals surface area contributed by atoms with Gasteiger partial charge in [0, 0.05) is 5.46 Å². The van der Waals surface area contributed by atoms with Crippen molar-refractivity contribution in [2.45, 2.75) is 38.9 Å². The Kier molecular flexibility index (Phi) is 2.56. The zero-order valence-corrected chi connectivity index (χ0v) is 11.9. The van der Waals surface area contributed by atoms with E-state index in [2.05, 4.69) is 38.7 Å². The van der Waals surface area contributed by atoms with Crippen molar-refractivity contribution < 1.29 is 9.31 Å². The fourth-order valence-corrected chi connectivity index (χ4v) is 2.78. The first kappa shape index (κ1) is 12.1. The molecule has 1 aliphatic heterocycles. The summed E-state index contributed by atoms with van der Waals surface area (Å²) in [7, 11) is -0.333. The molecule has 0 spiro atoms. The van der Waals surface area contributed by atoms with Crippen molar-refractivity contribution in [3.63, 3.8) is 0 Å². The Morgan fingerprint density at radius 1 is 1.11 bits per heavy atom. The molecule has 1 fully saturated rings. The predicted octanol–water partition coefficient (Wildman–Crippen LogP) is 2.60. The second-order valence-electron chi connectivity index (χ2n) is 5.63. The highest BCUT2D eigenvalue weighted by Crippen LogP contribution is 2.37. The third-order valence-electron chi connectivity index (χ3n) is 3.90. The molecule has 1 aromatic carbocycles. The maximum absolute atomic E-state index is 6.07. The number of aromatic nitrogens is 1. The Morgan fingerprint density at radius 3 is 2.44 bits per heavy atom. The molecule has 0 atom stereocenters. The monoisotopic (exact) mass is 261 g/mol. The second kappa shape index (κ2) is 3.79. The third kappa shape index (κ3) is 1.69. The van der Waals surface area contributed by atoms with Crippen LogP contribution in [-0.4, -0.2) is 23.3 Å². The van der Waals surface area contributed by atoms with Gasteiger partial charge < -0.3 is 9.31 Å². The largest absolute Gasteiger partial charge is 0.497 e. The molecule has 2 heterocycles. The summed E-state index contributed by atoms with van der Waals surface area (Å²) in [5.74, 6) is 0. The lowest BCUT2D eigenvalue weighted by molar-refractivity contribution is 0.00578. The number of hydrogen-bond donors (Lipinski definition) is 0. The third-order valence-corrected chi connectivity index (χ3v) is 4.69. The van der Waals surface area contributed by atoms with E-state index < -0.39 is 0 Å². The molecule has 1 aliphatic rings. The Balaban J connectivity index is 2.05. The van der Waals surface area contributed by atoms with Crippen LogP contribution in [0.25, 0.3) is 10.2 Å². The standard InChI is InChI=1S/C13H16BNO2S/c1-12(2)13(3,4)17-14(16-12)9-6-5-7-10-11(9)15-8-18-10/h5-8H,1-4H3. The Hall–Kier alpha value is -0.905. The lowest BCUT2D eigenvalue weighted by Gasteiger charge is -2.32. The minimum Gasteiger partial charge on any atom is -0.399 e. The van der Waals surface area contributed by atoms with Crippen molar-refractivity contribution in [3.05, 3.63) is 23.7 Å². The SMILES string of the molecule is CC1(C)OB(c2cccc3scnc23)OC1(C)C. The van der Waals surface area contributed by atoms with Crippen LogP contribution in [0.3, 0.4) is 0 Å². The molecule has 5 heteroatoms. The summed E-state index contributed by atoms with van der Waals surface area (Å²) in [6.07, 6.45) is 0. The van der Waals surface area contributed by atoms with Gasteiger partial charge in [-0.05, 0) is 33.8 Å². The molecule has 2 aromatic rings. The predicted molar refractivity (Wildman–Crippen MR) is 75.3 cm³/mol. The maximum atomic E-state index is 6.07. The van der Waals surface area contributed by atoms with E-state index in [9.17, 15) is 0 Å². The molecule has 1 aromatic heterocycles. The summed E-state index contributed by atoms with van der Waals surface area (Å²) < 4.78 is 13.3. The van der Waals surface area contributed by atoms with Gasteiger partial charge in [-0.25, -0.2) is 4.98 Å². The molecule has 0 bridgehead atoms. The number of fused-ring (bicyclic) bond motifs is 1. The van der Waals surface area contributed by atoms with Crippen molar-refractivity contribution in [3.8, 4) is 0 Å². The van der Waals surface area contributed by atoms with Crippen LogP contribution in [0.1, 0.15) is 27.7 Å². The average molecular weight is 261 g/mol. The first-order valence-electron chi connectivity index (χ1n) is 6.08. The van der Waals surface area contributed by atoms with Crippen LogP contribution in [0, 0.1) is 0 Å². The van der Waals surface area contributed by atoms with E-state index in [1.165, 1.54) is 4.70 Å². The molecule has 0 aliphatic carbocycles. The normalized spacial score (nSPS) is 21.7. The molecular formula is C13H16BNO2S.